The van der Waals surface area contributed by atoms with Crippen molar-refractivity contribution in [2.45, 2.75) is 6.42 Å². The van der Waals surface area contributed by atoms with Crippen molar-refractivity contribution in [1.29, 1.82) is 0 Å². The lowest BCUT2D eigenvalue weighted by Gasteiger charge is -2.06. The van der Waals surface area contributed by atoms with Crippen LogP contribution >= 0.6 is 23.2 Å². The number of hydrogen-bond acceptors (Lipinski definition) is 4. The summed E-state index contributed by atoms with van der Waals surface area (Å²) in [4.78, 5) is 19.5. The van der Waals surface area contributed by atoms with Gasteiger partial charge in [0.2, 0.25) is 0 Å². The number of H-pyrrole nitrogens is 1. The highest BCUT2D eigenvalue weighted by atomic mass is 35.5. The van der Waals surface area contributed by atoms with Crippen molar-refractivity contribution in [1.82, 2.24) is 15.3 Å². The highest BCUT2D eigenvalue weighted by molar-refractivity contribution is 6.32. The molecule has 8 heteroatoms. The Morgan fingerprint density at radius 1 is 1.20 bits per heavy atom. The lowest BCUT2D eigenvalue weighted by atomic mass is 10.0. The van der Waals surface area contributed by atoms with E-state index in [0.29, 0.717) is 34.5 Å². The molecule has 6 nitrogen and oxygen atoms in total. The van der Waals surface area contributed by atoms with Crippen LogP contribution in [0, 0.1) is 0 Å². The summed E-state index contributed by atoms with van der Waals surface area (Å²) in [5.41, 5.74) is 6.54. The van der Waals surface area contributed by atoms with Gasteiger partial charge < -0.3 is 10.3 Å². The Bertz CT molecular complexity index is 994. The lowest BCUT2D eigenvalue weighted by Crippen LogP contribution is -2.23. The predicted octanol–water partition coefficient (Wildman–Crippen LogP) is 3.82. The number of hydrazone groups is 1. The van der Waals surface area contributed by atoms with Crippen LogP contribution in [0.25, 0.3) is 10.9 Å². The minimum absolute atomic E-state index is 0.152. The monoisotopic (exact) mass is 373 g/mol. The molecule has 0 saturated heterocycles. The quantitative estimate of drug-likeness (QED) is 0.471. The van der Waals surface area contributed by atoms with Gasteiger partial charge in [0.05, 0.1) is 17.6 Å². The number of benzene rings is 1. The zero-order valence-corrected chi connectivity index (χ0v) is 14.4. The van der Waals surface area contributed by atoms with Gasteiger partial charge in [0, 0.05) is 34.5 Å². The van der Waals surface area contributed by atoms with Crippen LogP contribution in [0.15, 0.2) is 41.6 Å². The number of fused-ring (bicyclic) bond motifs is 3. The molecular weight excluding hydrogens is 361 g/mol. The first-order valence-electron chi connectivity index (χ1n) is 7.66. The Kier molecular flexibility index (Phi) is 4.07. The normalized spacial score (nSPS) is 15.8. The number of anilines is 1. The average Bonchev–Trinajstić information content (AvgIpc) is 2.90. The van der Waals surface area contributed by atoms with Crippen LogP contribution in [0.1, 0.15) is 22.5 Å². The minimum Gasteiger partial charge on any atom is -0.350 e. The summed E-state index contributed by atoms with van der Waals surface area (Å²) in [6.45, 7) is 0.503. The van der Waals surface area contributed by atoms with Crippen LogP contribution in [-0.4, -0.2) is 28.1 Å². The van der Waals surface area contributed by atoms with Crippen LogP contribution in [0.5, 0.6) is 0 Å². The number of carbonyl (C=O) groups is 1. The van der Waals surface area contributed by atoms with E-state index in [0.717, 1.165) is 22.2 Å². The molecule has 1 amide bonds. The van der Waals surface area contributed by atoms with E-state index in [4.69, 9.17) is 23.2 Å². The van der Waals surface area contributed by atoms with Gasteiger partial charge in [-0.25, -0.2) is 4.98 Å². The van der Waals surface area contributed by atoms with E-state index in [1.54, 1.807) is 24.4 Å². The van der Waals surface area contributed by atoms with E-state index >= 15 is 0 Å². The molecule has 0 bridgehead atoms. The highest BCUT2D eigenvalue weighted by Crippen LogP contribution is 2.28. The summed E-state index contributed by atoms with van der Waals surface area (Å²) in [6, 6.07) is 8.94. The summed E-state index contributed by atoms with van der Waals surface area (Å²) < 4.78 is 0. The molecule has 0 aliphatic carbocycles. The molecule has 0 radical (unpaired) electrons. The number of carbonyl (C=O) groups excluding carboxylic acids is 1. The van der Waals surface area contributed by atoms with Gasteiger partial charge in [0.25, 0.3) is 5.91 Å². The van der Waals surface area contributed by atoms with Crippen molar-refractivity contribution in [2.75, 3.05) is 12.0 Å². The van der Waals surface area contributed by atoms with E-state index in [9.17, 15) is 4.79 Å². The number of halogens is 2. The molecule has 126 valence electrons. The molecule has 4 rings (SSSR count). The van der Waals surface area contributed by atoms with Gasteiger partial charge in [0.15, 0.2) is 0 Å². The molecule has 3 heterocycles. The smallest absolute Gasteiger partial charge is 0.268 e. The van der Waals surface area contributed by atoms with Crippen LogP contribution < -0.4 is 10.7 Å². The molecule has 1 aromatic carbocycles. The van der Waals surface area contributed by atoms with Crippen molar-refractivity contribution >= 4 is 51.4 Å². The second-order valence-corrected chi connectivity index (χ2v) is 6.43. The second kappa shape index (κ2) is 6.38. The van der Waals surface area contributed by atoms with Crippen LogP contribution in [0.4, 0.5) is 5.69 Å². The summed E-state index contributed by atoms with van der Waals surface area (Å²) in [7, 11) is 0. The van der Waals surface area contributed by atoms with E-state index in [1.165, 1.54) is 0 Å². The van der Waals surface area contributed by atoms with E-state index in [2.05, 4.69) is 25.8 Å². The molecule has 3 aromatic rings. The number of rotatable bonds is 2. The molecule has 0 spiro atoms. The first-order valence-corrected chi connectivity index (χ1v) is 8.41. The van der Waals surface area contributed by atoms with Gasteiger partial charge in [-0.1, -0.05) is 23.2 Å². The van der Waals surface area contributed by atoms with E-state index in [-0.39, 0.29) is 5.91 Å². The molecule has 0 unspecified atom stereocenters. The molecule has 1 aliphatic heterocycles. The summed E-state index contributed by atoms with van der Waals surface area (Å²) >= 11 is 11.9. The molecule has 3 N–H and O–H groups in total. The van der Waals surface area contributed by atoms with Gasteiger partial charge in [0.1, 0.15) is 10.8 Å². The van der Waals surface area contributed by atoms with Gasteiger partial charge in [-0.15, -0.1) is 0 Å². The highest BCUT2D eigenvalue weighted by Gasteiger charge is 2.25. The molecule has 0 atom stereocenters. The van der Waals surface area contributed by atoms with Crippen LogP contribution in [-0.2, 0) is 0 Å². The van der Waals surface area contributed by atoms with Crippen molar-refractivity contribution in [3.63, 3.8) is 0 Å². The van der Waals surface area contributed by atoms with Gasteiger partial charge in [-0.3, -0.25) is 10.2 Å². The molecular formula is C17H13Cl2N5O. The number of aromatic amines is 1. The predicted molar refractivity (Wildman–Crippen MR) is 99.7 cm³/mol. The third-order valence-electron chi connectivity index (χ3n) is 3.97. The summed E-state index contributed by atoms with van der Waals surface area (Å²) in [5, 5.41) is 9.26. The maximum atomic E-state index is 12.3. The number of nitrogens with zero attached hydrogens (tertiary/aromatic N) is 2. The number of hydrogen-bond donors (Lipinski definition) is 3. The second-order valence-electron chi connectivity index (χ2n) is 5.61. The van der Waals surface area contributed by atoms with Crippen molar-refractivity contribution in [2.24, 2.45) is 5.10 Å². The van der Waals surface area contributed by atoms with Gasteiger partial charge >= 0.3 is 0 Å². The first-order chi connectivity index (χ1) is 12.1. The Morgan fingerprint density at radius 2 is 2.08 bits per heavy atom. The third kappa shape index (κ3) is 3.06. The topological polar surface area (TPSA) is 82.2 Å². The van der Waals surface area contributed by atoms with Crippen molar-refractivity contribution in [3.05, 3.63) is 58.0 Å². The zero-order chi connectivity index (χ0) is 17.4. The average molecular weight is 374 g/mol. The van der Waals surface area contributed by atoms with E-state index < -0.39 is 0 Å². The third-order valence-corrected chi connectivity index (χ3v) is 4.43. The zero-order valence-electron chi connectivity index (χ0n) is 12.9. The molecule has 25 heavy (non-hydrogen) atoms. The van der Waals surface area contributed by atoms with Gasteiger partial charge in [-0.05, 0) is 30.3 Å². The Morgan fingerprint density at radius 3 is 2.88 bits per heavy atom. The molecule has 2 aromatic heterocycles. The largest absolute Gasteiger partial charge is 0.350 e. The number of aromatic nitrogens is 2. The Labute approximate surface area is 153 Å². The maximum Gasteiger partial charge on any atom is 0.268 e. The molecule has 1 aliphatic rings. The number of amides is 1. The minimum atomic E-state index is -0.152. The summed E-state index contributed by atoms with van der Waals surface area (Å²) in [6.07, 6.45) is 2.19. The van der Waals surface area contributed by atoms with Crippen molar-refractivity contribution in [3.8, 4) is 0 Å². The van der Waals surface area contributed by atoms with E-state index in [1.807, 2.05) is 12.1 Å². The fourth-order valence-corrected chi connectivity index (χ4v) is 3.11. The Hall–Kier alpha value is -2.57. The van der Waals surface area contributed by atoms with Gasteiger partial charge in [-0.2, -0.15) is 5.10 Å². The fraction of sp³-hybridized carbons (Fsp3) is 0.118. The Balaban J connectivity index is 1.81. The molecule has 0 saturated carbocycles. The summed E-state index contributed by atoms with van der Waals surface area (Å²) in [5.74, 6) is -0.152. The van der Waals surface area contributed by atoms with Crippen molar-refractivity contribution < 1.29 is 4.79 Å². The first kappa shape index (κ1) is 15.9. The fourth-order valence-electron chi connectivity index (χ4n) is 2.83. The lowest BCUT2D eigenvalue weighted by molar-refractivity contribution is 0.0952. The SMILES string of the molecule is O=C1NCC/C(=N/Nc2ccc(Cl)nc2)c2c1[nH]c1ccc(Cl)cc21. The van der Waals surface area contributed by atoms with Crippen LogP contribution in [0.2, 0.25) is 10.2 Å². The van der Waals surface area contributed by atoms with Crippen LogP contribution in [0.3, 0.4) is 0 Å². The molecule has 0 fully saturated rings. The standard InChI is InChI=1S/C17H13Cl2N5O/c18-9-1-3-12-11(7-9)15-13(5-6-20-17(25)16(15)22-12)24-23-10-2-4-14(19)21-8-10/h1-4,7-8,22-23H,5-6H2,(H,20,25)/b24-13-. The number of nitrogens with one attached hydrogen (secondary N) is 3. The number of pyridine rings is 1. The maximum absolute atomic E-state index is 12.3.